The predicted octanol–water partition coefficient (Wildman–Crippen LogP) is 1.67. The van der Waals surface area contributed by atoms with E-state index in [1.165, 1.54) is 24.3 Å². The minimum Gasteiger partial charge on any atom is -0.391 e. The van der Waals surface area contributed by atoms with Crippen LogP contribution in [-0.4, -0.2) is 35.1 Å². The van der Waals surface area contributed by atoms with Gasteiger partial charge in [0.1, 0.15) is 5.82 Å². The van der Waals surface area contributed by atoms with Crippen molar-refractivity contribution in [1.29, 1.82) is 0 Å². The zero-order valence-corrected chi connectivity index (χ0v) is 9.77. The highest BCUT2D eigenvalue weighted by molar-refractivity contribution is 5.94. The number of benzene rings is 1. The second-order valence-electron chi connectivity index (χ2n) is 4.59. The number of carbonyl (C=O) groups is 1. The van der Waals surface area contributed by atoms with Crippen molar-refractivity contribution in [2.24, 2.45) is 5.92 Å². The van der Waals surface area contributed by atoms with Gasteiger partial charge in [0.25, 0.3) is 5.91 Å². The first-order valence-corrected chi connectivity index (χ1v) is 5.81. The number of piperidine rings is 1. The third kappa shape index (κ3) is 2.64. The van der Waals surface area contributed by atoms with Crippen LogP contribution in [0, 0.1) is 11.7 Å². The smallest absolute Gasteiger partial charge is 0.253 e. The Morgan fingerprint density at radius 2 is 2.06 bits per heavy atom. The topological polar surface area (TPSA) is 40.5 Å². The largest absolute Gasteiger partial charge is 0.391 e. The van der Waals surface area contributed by atoms with Gasteiger partial charge in [0.2, 0.25) is 0 Å². The lowest BCUT2D eigenvalue weighted by Gasteiger charge is -2.34. The van der Waals surface area contributed by atoms with Gasteiger partial charge in [0, 0.05) is 18.7 Å². The van der Waals surface area contributed by atoms with Crippen LogP contribution in [0.15, 0.2) is 24.3 Å². The number of hydrogen-bond donors (Lipinski definition) is 1. The summed E-state index contributed by atoms with van der Waals surface area (Å²) in [5, 5.41) is 9.73. The van der Waals surface area contributed by atoms with Crippen molar-refractivity contribution in [3.8, 4) is 0 Å². The van der Waals surface area contributed by atoms with E-state index in [1.807, 2.05) is 6.92 Å². The normalized spacial score (nSPS) is 24.8. The Bertz CT molecular complexity index is 404. The summed E-state index contributed by atoms with van der Waals surface area (Å²) in [6.45, 7) is 2.98. The van der Waals surface area contributed by atoms with Crippen molar-refractivity contribution in [1.82, 2.24) is 4.90 Å². The molecule has 1 heterocycles. The molecule has 1 aromatic carbocycles. The molecular weight excluding hydrogens is 221 g/mol. The van der Waals surface area contributed by atoms with Crippen molar-refractivity contribution in [2.75, 3.05) is 13.1 Å². The number of β-amino-alcohol motifs (C(OH)–C–C–N with tert-alkyl or cyclic N) is 1. The van der Waals surface area contributed by atoms with E-state index in [4.69, 9.17) is 0 Å². The Balaban J connectivity index is 2.08. The molecule has 2 atom stereocenters. The summed E-state index contributed by atoms with van der Waals surface area (Å²) < 4.78 is 12.7. The van der Waals surface area contributed by atoms with Crippen LogP contribution in [0.4, 0.5) is 4.39 Å². The number of nitrogens with zero attached hydrogens (tertiary/aromatic N) is 1. The number of halogens is 1. The number of rotatable bonds is 1. The van der Waals surface area contributed by atoms with Gasteiger partial charge in [0.15, 0.2) is 0 Å². The van der Waals surface area contributed by atoms with Gasteiger partial charge < -0.3 is 10.0 Å². The van der Waals surface area contributed by atoms with Crippen LogP contribution in [0.5, 0.6) is 0 Å². The van der Waals surface area contributed by atoms with Gasteiger partial charge in [-0.25, -0.2) is 4.39 Å². The zero-order chi connectivity index (χ0) is 12.4. The molecule has 1 N–H and O–H groups in total. The van der Waals surface area contributed by atoms with E-state index in [-0.39, 0.29) is 17.6 Å². The van der Waals surface area contributed by atoms with E-state index in [1.54, 1.807) is 4.90 Å². The van der Waals surface area contributed by atoms with Gasteiger partial charge in [-0.2, -0.15) is 0 Å². The maximum atomic E-state index is 12.7. The van der Waals surface area contributed by atoms with Crippen molar-refractivity contribution in [2.45, 2.75) is 19.4 Å². The molecule has 3 nitrogen and oxygen atoms in total. The number of hydrogen-bond acceptors (Lipinski definition) is 2. The van der Waals surface area contributed by atoms with E-state index in [2.05, 4.69) is 0 Å². The molecule has 1 aliphatic heterocycles. The van der Waals surface area contributed by atoms with Gasteiger partial charge >= 0.3 is 0 Å². The number of carbonyl (C=O) groups excluding carboxylic acids is 1. The molecule has 0 radical (unpaired) electrons. The molecule has 1 fully saturated rings. The number of amides is 1. The quantitative estimate of drug-likeness (QED) is 0.807. The van der Waals surface area contributed by atoms with Crippen molar-refractivity contribution in [3.05, 3.63) is 35.6 Å². The van der Waals surface area contributed by atoms with E-state index in [0.717, 1.165) is 6.42 Å². The van der Waals surface area contributed by atoms with Crippen LogP contribution in [0.1, 0.15) is 23.7 Å². The fourth-order valence-electron chi connectivity index (χ4n) is 2.01. The molecule has 0 aromatic heterocycles. The second kappa shape index (κ2) is 4.84. The monoisotopic (exact) mass is 237 g/mol. The first-order valence-electron chi connectivity index (χ1n) is 5.81. The first-order chi connectivity index (χ1) is 8.08. The molecule has 1 aliphatic rings. The van der Waals surface area contributed by atoms with Crippen molar-refractivity contribution in [3.63, 3.8) is 0 Å². The third-order valence-electron chi connectivity index (χ3n) is 3.30. The summed E-state index contributed by atoms with van der Waals surface area (Å²) in [6.07, 6.45) is 0.335. The molecular formula is C13H16FNO2. The lowest BCUT2D eigenvalue weighted by Crippen LogP contribution is -2.45. The average molecular weight is 237 g/mol. The van der Waals surface area contributed by atoms with E-state index in [0.29, 0.717) is 18.7 Å². The Kier molecular flexibility index (Phi) is 3.43. The lowest BCUT2D eigenvalue weighted by atomic mass is 9.95. The molecule has 4 heteroatoms. The van der Waals surface area contributed by atoms with Crippen LogP contribution in [0.25, 0.3) is 0 Å². The van der Waals surface area contributed by atoms with Gasteiger partial charge in [-0.3, -0.25) is 4.79 Å². The Morgan fingerprint density at radius 1 is 1.41 bits per heavy atom. The summed E-state index contributed by atoms with van der Waals surface area (Å²) >= 11 is 0. The average Bonchev–Trinajstić information content (AvgIpc) is 2.33. The molecule has 1 amide bonds. The second-order valence-corrected chi connectivity index (χ2v) is 4.59. The molecule has 1 saturated heterocycles. The van der Waals surface area contributed by atoms with Crippen LogP contribution in [0.3, 0.4) is 0 Å². The zero-order valence-electron chi connectivity index (χ0n) is 9.77. The van der Waals surface area contributed by atoms with Crippen LogP contribution in [0.2, 0.25) is 0 Å². The number of likely N-dealkylation sites (tertiary alicyclic amines) is 1. The Morgan fingerprint density at radius 3 is 2.65 bits per heavy atom. The molecule has 0 spiro atoms. The molecule has 92 valence electrons. The summed E-state index contributed by atoms with van der Waals surface area (Å²) in [6, 6.07) is 5.50. The fourth-order valence-corrected chi connectivity index (χ4v) is 2.01. The molecule has 0 saturated carbocycles. The molecule has 2 unspecified atom stereocenters. The molecule has 2 rings (SSSR count). The summed E-state index contributed by atoms with van der Waals surface area (Å²) in [5.41, 5.74) is 0.466. The lowest BCUT2D eigenvalue weighted by molar-refractivity contribution is 0.0248. The Labute approximate surface area is 99.9 Å². The SMILES string of the molecule is CC1CCN(C(=O)c2ccc(F)cc2)CC1O. The maximum absolute atomic E-state index is 12.7. The maximum Gasteiger partial charge on any atom is 0.253 e. The van der Waals surface area contributed by atoms with Gasteiger partial charge in [0.05, 0.1) is 6.10 Å². The van der Waals surface area contributed by atoms with E-state index in [9.17, 15) is 14.3 Å². The molecule has 17 heavy (non-hydrogen) atoms. The fraction of sp³-hybridized carbons (Fsp3) is 0.462. The van der Waals surface area contributed by atoms with E-state index >= 15 is 0 Å². The summed E-state index contributed by atoms with van der Waals surface area (Å²) in [7, 11) is 0. The standard InChI is InChI=1S/C13H16FNO2/c1-9-6-7-15(8-12(9)16)13(17)10-2-4-11(14)5-3-10/h2-5,9,12,16H,6-8H2,1H3. The highest BCUT2D eigenvalue weighted by Gasteiger charge is 2.27. The third-order valence-corrected chi connectivity index (χ3v) is 3.30. The number of aliphatic hydroxyl groups is 1. The summed E-state index contributed by atoms with van der Waals surface area (Å²) in [5.74, 6) is -0.267. The molecule has 0 aliphatic carbocycles. The Hall–Kier alpha value is -1.42. The molecule has 1 aromatic rings. The first kappa shape index (κ1) is 12.0. The molecule has 0 bridgehead atoms. The van der Waals surface area contributed by atoms with Gasteiger partial charge in [-0.05, 0) is 36.6 Å². The van der Waals surface area contributed by atoms with Crippen molar-refractivity contribution >= 4 is 5.91 Å². The number of aliphatic hydroxyl groups excluding tert-OH is 1. The van der Waals surface area contributed by atoms with Crippen LogP contribution < -0.4 is 0 Å². The highest BCUT2D eigenvalue weighted by Crippen LogP contribution is 2.19. The van der Waals surface area contributed by atoms with Gasteiger partial charge in [-0.1, -0.05) is 6.92 Å². The summed E-state index contributed by atoms with van der Waals surface area (Å²) in [4.78, 5) is 13.7. The van der Waals surface area contributed by atoms with Crippen LogP contribution in [-0.2, 0) is 0 Å². The van der Waals surface area contributed by atoms with Crippen molar-refractivity contribution < 1.29 is 14.3 Å². The minimum absolute atomic E-state index is 0.143. The van der Waals surface area contributed by atoms with Gasteiger partial charge in [-0.15, -0.1) is 0 Å². The van der Waals surface area contributed by atoms with Crippen LogP contribution >= 0.6 is 0 Å². The minimum atomic E-state index is -0.465. The predicted molar refractivity (Wildman–Crippen MR) is 62.1 cm³/mol. The highest BCUT2D eigenvalue weighted by atomic mass is 19.1. The van der Waals surface area contributed by atoms with E-state index < -0.39 is 6.10 Å².